The van der Waals surface area contributed by atoms with Gasteiger partial charge in [0.05, 0.1) is 24.2 Å². The van der Waals surface area contributed by atoms with E-state index in [9.17, 15) is 17.8 Å². The molecular weight excluding hydrogens is 753 g/mol. The summed E-state index contributed by atoms with van der Waals surface area (Å²) < 4.78 is 54.2. The maximum Gasteiger partial charge on any atom is 0.220 e. The Hall–Kier alpha value is -0.860. The molecule has 0 saturated heterocycles. The van der Waals surface area contributed by atoms with Crippen molar-refractivity contribution in [1.82, 2.24) is 21.3 Å². The van der Waals surface area contributed by atoms with E-state index in [2.05, 4.69) is 62.8 Å². The Morgan fingerprint density at radius 3 is 2.10 bits per heavy atom. The van der Waals surface area contributed by atoms with Gasteiger partial charge in [0.15, 0.2) is 0 Å². The van der Waals surface area contributed by atoms with Crippen LogP contribution in [0.4, 0.5) is 0 Å². The van der Waals surface area contributed by atoms with Gasteiger partial charge < -0.3 is 40.0 Å². The van der Waals surface area contributed by atoms with E-state index in [1.54, 1.807) is 0 Å². The van der Waals surface area contributed by atoms with Gasteiger partial charge in [-0.3, -0.25) is 4.79 Å². The van der Waals surface area contributed by atoms with Crippen LogP contribution in [0.15, 0.2) is 0 Å². The zero-order valence-electron chi connectivity index (χ0n) is 37.8. The summed E-state index contributed by atoms with van der Waals surface area (Å²) in [6.07, 6.45) is 19.8. The molecule has 4 fully saturated rings. The molecule has 4 saturated carbocycles. The summed E-state index contributed by atoms with van der Waals surface area (Å²) in [5, 5.41) is 12.9. The Kier molecular flexibility index (Phi) is 21.7. The lowest BCUT2D eigenvalue weighted by atomic mass is 9.43. The second-order valence-electron chi connectivity index (χ2n) is 19.2. The molecule has 0 aliphatic heterocycles. The summed E-state index contributed by atoms with van der Waals surface area (Å²) in [5.74, 6) is 2.39. The minimum Gasteiger partial charge on any atom is -0.747 e. The summed E-state index contributed by atoms with van der Waals surface area (Å²) in [7, 11) is -4.30. The van der Waals surface area contributed by atoms with Crippen molar-refractivity contribution in [3.05, 3.63) is 0 Å². The first-order valence-electron chi connectivity index (χ1n) is 24.1. The fourth-order valence-corrected chi connectivity index (χ4v) is 12.7. The molecule has 4 aliphatic rings. The summed E-state index contributed by atoms with van der Waals surface area (Å²) in [6.45, 7) is 21.3. The highest BCUT2D eigenvalue weighted by molar-refractivity contribution is 7.85. The van der Waals surface area contributed by atoms with Crippen molar-refractivity contribution in [1.29, 1.82) is 0 Å². The largest absolute Gasteiger partial charge is 0.747 e. The molecule has 58 heavy (non-hydrogen) atoms. The zero-order chi connectivity index (χ0) is 42.0. The number of fused-ring (bicyclic) bond motifs is 5. The molecule has 0 heterocycles. The number of unbranched alkanes of at least 4 members (excludes halogenated alkanes) is 5. The Morgan fingerprint density at radius 2 is 1.41 bits per heavy atom. The van der Waals surface area contributed by atoms with Gasteiger partial charge in [-0.05, 0) is 151 Å². The fourth-order valence-electron chi connectivity index (χ4n) is 12.3. The van der Waals surface area contributed by atoms with Crippen LogP contribution in [-0.4, -0.2) is 102 Å². The third-order valence-corrected chi connectivity index (χ3v) is 16.0. The van der Waals surface area contributed by atoms with E-state index in [-0.39, 0.29) is 35.0 Å². The van der Waals surface area contributed by atoms with E-state index >= 15 is 0 Å². The van der Waals surface area contributed by atoms with Crippen LogP contribution >= 0.6 is 0 Å². The molecule has 0 aromatic rings. The number of carbonyl (C=O) groups is 1. The molecule has 0 radical (unpaired) electrons. The van der Waals surface area contributed by atoms with Crippen molar-refractivity contribution in [2.24, 2.45) is 46.3 Å². The highest BCUT2D eigenvalue weighted by atomic mass is 32.2. The number of nitrogens with one attached hydrogen (secondary N) is 4. The fraction of sp³-hybridized carbons (Fsp3) is 0.978. The van der Waals surface area contributed by atoms with Crippen LogP contribution in [0.2, 0.25) is 0 Å². The van der Waals surface area contributed by atoms with Gasteiger partial charge >= 0.3 is 0 Å². The van der Waals surface area contributed by atoms with Crippen molar-refractivity contribution in [3.8, 4) is 0 Å². The van der Waals surface area contributed by atoms with Crippen LogP contribution in [0, 0.1) is 46.3 Å². The average molecular weight is 840 g/mol. The summed E-state index contributed by atoms with van der Waals surface area (Å²) in [6, 6.07) is 0. The van der Waals surface area contributed by atoms with Crippen LogP contribution in [0.25, 0.3) is 0 Å². The van der Waals surface area contributed by atoms with Gasteiger partial charge in [0.25, 0.3) is 0 Å². The molecule has 4 rings (SSSR count). The highest BCUT2D eigenvalue weighted by Crippen LogP contribution is 2.69. The lowest BCUT2D eigenvalue weighted by molar-refractivity contribution is -0.227. The second kappa shape index (κ2) is 25.3. The van der Waals surface area contributed by atoms with Crippen molar-refractivity contribution < 1.29 is 32.0 Å². The summed E-state index contributed by atoms with van der Waals surface area (Å²) >= 11 is 0. The molecule has 0 spiro atoms. The van der Waals surface area contributed by atoms with Gasteiger partial charge in [-0.2, -0.15) is 0 Å². The summed E-state index contributed by atoms with van der Waals surface area (Å²) in [5.41, 5.74) is 0.165. The minimum absolute atomic E-state index is 0.0184. The van der Waals surface area contributed by atoms with Crippen molar-refractivity contribution in [2.75, 3.05) is 65.0 Å². The molecule has 12 heteroatoms. The second-order valence-corrected chi connectivity index (χ2v) is 20.6. The number of hydrogen-bond acceptors (Lipinski definition) is 10. The third kappa shape index (κ3) is 14.3. The third-order valence-electron chi connectivity index (χ3n) is 15.4. The molecule has 0 aromatic heterocycles. The van der Waals surface area contributed by atoms with Crippen molar-refractivity contribution in [2.45, 2.75) is 175 Å². The van der Waals surface area contributed by atoms with Gasteiger partial charge in [-0.15, -0.1) is 0 Å². The topological polar surface area (TPSA) is 150 Å². The van der Waals surface area contributed by atoms with Gasteiger partial charge in [0.1, 0.15) is 10.1 Å². The number of carbonyl (C=O) groups excluding carboxylic acids is 1. The Labute approximate surface area is 354 Å². The minimum atomic E-state index is -4.30. The van der Waals surface area contributed by atoms with Gasteiger partial charge in [0, 0.05) is 38.2 Å². The SMILES string of the molecule is CCCCCCCCNC(=O)CC[C@@H](C)[C@H]1CC[C@H]2[C@@H]3[C@H](OCCCNCS(=O)(=O)[O-])C[C@@H]4C[C@H](OCCCNCC)CC[C@]4(C)[C@H]3C[C@H](OCCCNCC)[C@]12C. The molecule has 0 unspecified atom stereocenters. The first-order chi connectivity index (χ1) is 27.9. The highest BCUT2D eigenvalue weighted by Gasteiger charge is 2.66. The van der Waals surface area contributed by atoms with Gasteiger partial charge in [-0.25, -0.2) is 8.42 Å². The molecule has 11 nitrogen and oxygen atoms in total. The molecule has 340 valence electrons. The van der Waals surface area contributed by atoms with E-state index < -0.39 is 16.0 Å². The van der Waals surface area contributed by atoms with Crippen LogP contribution < -0.4 is 21.3 Å². The monoisotopic (exact) mass is 840 g/mol. The number of rotatable bonds is 30. The maximum absolute atomic E-state index is 13.1. The Bertz CT molecular complexity index is 1280. The first kappa shape index (κ1) is 49.8. The average Bonchev–Trinajstić information content (AvgIpc) is 3.55. The van der Waals surface area contributed by atoms with Crippen LogP contribution in [-0.2, 0) is 29.1 Å². The summed E-state index contributed by atoms with van der Waals surface area (Å²) in [4.78, 5) is 13.1. The lowest BCUT2D eigenvalue weighted by Gasteiger charge is -2.65. The van der Waals surface area contributed by atoms with E-state index in [1.165, 1.54) is 38.5 Å². The van der Waals surface area contributed by atoms with Crippen LogP contribution in [0.1, 0.15) is 157 Å². The van der Waals surface area contributed by atoms with Crippen LogP contribution in [0.3, 0.4) is 0 Å². The number of amides is 1. The predicted molar refractivity (Wildman–Crippen MR) is 233 cm³/mol. The smallest absolute Gasteiger partial charge is 0.220 e. The van der Waals surface area contributed by atoms with Crippen molar-refractivity contribution >= 4 is 16.0 Å². The Morgan fingerprint density at radius 1 is 0.759 bits per heavy atom. The normalized spacial score (nSPS) is 32.7. The molecule has 4 aliphatic carbocycles. The van der Waals surface area contributed by atoms with Gasteiger partial charge in [-0.1, -0.05) is 73.6 Å². The molecule has 1 amide bonds. The Balaban J connectivity index is 1.51. The first-order valence-corrected chi connectivity index (χ1v) is 25.6. The quantitative estimate of drug-likeness (QED) is 0.0426. The van der Waals surface area contributed by atoms with Gasteiger partial charge in [0.2, 0.25) is 5.91 Å². The van der Waals surface area contributed by atoms with Crippen LogP contribution in [0.5, 0.6) is 0 Å². The molecule has 0 bridgehead atoms. The molecule has 0 aromatic carbocycles. The molecule has 11 atom stereocenters. The standard InChI is InChI=1S/C46H88N4O7S/c1-7-10-11-12-13-14-27-50-43(51)21-18-35(4)38-19-20-39-44-40(33-42(46(38,39)6)57-30-16-25-48-9-3)45(5)23-22-37(55-28-15-24-47-8-2)31-36(45)32-41(44)56-29-17-26-49-34-58(52,53)54/h35-42,44,47-49H,7-34H2,1-6H3,(H,50,51)(H,52,53,54)/p-1/t35-,36+,37-,38-,39+,40+,41-,42+,44+,45+,46-/m1/s1. The van der Waals surface area contributed by atoms with Crippen molar-refractivity contribution in [3.63, 3.8) is 0 Å². The van der Waals surface area contributed by atoms with E-state index in [0.29, 0.717) is 61.5 Å². The van der Waals surface area contributed by atoms with E-state index in [1.807, 2.05) is 0 Å². The number of hydrogen-bond donors (Lipinski definition) is 4. The zero-order valence-corrected chi connectivity index (χ0v) is 38.6. The maximum atomic E-state index is 13.1. The van der Waals surface area contributed by atoms with E-state index in [0.717, 1.165) is 110 Å². The molecule has 4 N–H and O–H groups in total. The predicted octanol–water partition coefficient (Wildman–Crippen LogP) is 7.40. The van der Waals surface area contributed by atoms with E-state index in [4.69, 9.17) is 14.2 Å². The lowest BCUT2D eigenvalue weighted by Crippen LogP contribution is -2.63. The number of ether oxygens (including phenoxy) is 3. The molecular formula is C46H87N4O7S-.